The fourth-order valence-electron chi connectivity index (χ4n) is 5.03. The Labute approximate surface area is 473 Å². The van der Waals surface area contributed by atoms with Gasteiger partial charge in [-0.25, -0.2) is 0 Å². The summed E-state index contributed by atoms with van der Waals surface area (Å²) in [5.74, 6) is -3.02. The summed E-state index contributed by atoms with van der Waals surface area (Å²) in [7, 11) is 0. The van der Waals surface area contributed by atoms with Gasteiger partial charge < -0.3 is 123 Å². The van der Waals surface area contributed by atoms with Crippen molar-refractivity contribution in [2.45, 2.75) is 219 Å². The lowest BCUT2D eigenvalue weighted by Crippen LogP contribution is -2.31. The molecule has 28 nitrogen and oxygen atoms in total. The van der Waals surface area contributed by atoms with Crippen LogP contribution in [-0.2, 0) is 19.2 Å². The minimum absolute atomic E-state index is 0.111. The van der Waals surface area contributed by atoms with Crippen LogP contribution in [-0.4, -0.2) is 274 Å². The largest absolute Gasteiger partial charge is 0.481 e. The van der Waals surface area contributed by atoms with Gasteiger partial charge in [0.1, 0.15) is 61.0 Å². The Kier molecular flexibility index (Phi) is 86.9. The number of carbonyl (C=O) groups is 4. The number of unbranched alkanes of at least 4 members (excludes halogenated alkanes) is 4. The highest BCUT2D eigenvalue weighted by molar-refractivity contribution is 5.70. The van der Waals surface area contributed by atoms with E-state index >= 15 is 0 Å². The fraction of sp³-hybridized carbons (Fsp3) is 0.923. The molecule has 0 fully saturated rings. The molecule has 0 aromatic carbocycles. The molecule has 0 aliphatic carbocycles. The molecule has 24 N–H and O–H groups in total. The lowest BCUT2D eigenvalue weighted by molar-refractivity contribution is -0.143. The Morgan fingerprint density at radius 1 is 0.237 bits per heavy atom. The van der Waals surface area contributed by atoms with Gasteiger partial charge in [-0.3, -0.25) is 19.2 Å². The third-order valence-electron chi connectivity index (χ3n) is 11.1. The number of carboxylic acids is 4. The third-order valence-corrected chi connectivity index (χ3v) is 11.1. The molecule has 0 rings (SSSR count). The Balaban J connectivity index is -0.000000101. The highest BCUT2D eigenvalue weighted by Gasteiger charge is 2.18. The molecule has 0 bridgehead atoms. The Bertz CT molecular complexity index is 1020. The molecule has 0 saturated carbocycles. The summed E-state index contributed by atoms with van der Waals surface area (Å²) in [5.41, 5.74) is 0. The van der Waals surface area contributed by atoms with Crippen LogP contribution in [0.3, 0.4) is 0 Å². The summed E-state index contributed by atoms with van der Waals surface area (Å²) in [5, 5.41) is 200. The summed E-state index contributed by atoms with van der Waals surface area (Å²) in [6.07, 6.45) is 2.64. The van der Waals surface area contributed by atoms with Crippen molar-refractivity contribution in [3.8, 4) is 0 Å². The minimum Gasteiger partial charge on any atom is -0.481 e. The van der Waals surface area contributed by atoms with Crippen molar-refractivity contribution in [2.24, 2.45) is 23.7 Å². The zero-order valence-electron chi connectivity index (χ0n) is 48.8. The predicted octanol–water partition coefficient (Wildman–Crippen LogP) is -2.39. The van der Waals surface area contributed by atoms with Gasteiger partial charge in [-0.1, -0.05) is 107 Å². The van der Waals surface area contributed by atoms with Gasteiger partial charge in [0.05, 0.1) is 89.7 Å². The molecule has 28 heteroatoms. The molecular weight excluding hydrogens is 1070 g/mol. The smallest absolute Gasteiger partial charge is 0.306 e. The van der Waals surface area contributed by atoms with E-state index < -0.39 is 151 Å². The standard InChI is InChI=1S/4C8H16O2.5C4H10O4/c4*1-3-5-6-7(4-2)8(9)10;5*5-1-3(7)4(8)2-6/h4*7H,3-6H2,1-2H3,(H,9,10);5*3-8H,1-2H2/t;;;;5*3-,4+. The Morgan fingerprint density at radius 2 is 0.338 bits per heavy atom. The van der Waals surface area contributed by atoms with E-state index in [-0.39, 0.29) is 23.7 Å². The SMILES string of the molecule is CCCCC(CC)C(=O)O.CCCCC(CC)C(=O)O.CCCCC(CC)C(=O)O.CCCCC(CC)C(=O)O.OC[C@@H](O)[C@@H](O)CO.OC[C@@H](O)[C@@H](O)CO.OC[C@@H](O)[C@@H](O)CO.OC[C@@H](O)[C@@H](O)CO.OC[C@@H](O)[C@@H](O)CO. The van der Waals surface area contributed by atoms with Crippen molar-refractivity contribution in [2.75, 3.05) is 66.1 Å². The molecule has 0 aliphatic rings. The summed E-state index contributed by atoms with van der Waals surface area (Å²) in [6.45, 7) is 10.8. The summed E-state index contributed by atoms with van der Waals surface area (Å²) < 4.78 is 0. The van der Waals surface area contributed by atoms with E-state index in [0.29, 0.717) is 0 Å². The van der Waals surface area contributed by atoms with Crippen LogP contribution in [0.25, 0.3) is 0 Å². The van der Waals surface area contributed by atoms with Crippen molar-refractivity contribution in [3.63, 3.8) is 0 Å². The van der Waals surface area contributed by atoms with E-state index in [1.165, 1.54) is 0 Å². The fourth-order valence-corrected chi connectivity index (χ4v) is 5.03. The molecule has 0 heterocycles. The van der Waals surface area contributed by atoms with E-state index in [0.717, 1.165) is 103 Å². The van der Waals surface area contributed by atoms with Crippen LogP contribution >= 0.6 is 0 Å². The predicted molar refractivity (Wildman–Crippen MR) is 295 cm³/mol. The summed E-state index contributed by atoms with van der Waals surface area (Å²) in [6, 6.07) is 0. The Morgan fingerprint density at radius 3 is 0.388 bits per heavy atom. The van der Waals surface area contributed by atoms with E-state index in [1.54, 1.807) is 0 Å². The van der Waals surface area contributed by atoms with E-state index in [1.807, 2.05) is 27.7 Å². The van der Waals surface area contributed by atoms with Gasteiger partial charge in [-0.2, -0.15) is 0 Å². The van der Waals surface area contributed by atoms with Gasteiger partial charge >= 0.3 is 23.9 Å². The van der Waals surface area contributed by atoms with Crippen LogP contribution in [0.5, 0.6) is 0 Å². The van der Waals surface area contributed by atoms with Crippen LogP contribution in [0.15, 0.2) is 0 Å². The monoisotopic (exact) mass is 1190 g/mol. The number of aliphatic hydroxyl groups is 20. The molecule has 0 aromatic heterocycles. The summed E-state index contributed by atoms with van der Waals surface area (Å²) >= 11 is 0. The van der Waals surface area contributed by atoms with Gasteiger partial charge in [0.25, 0.3) is 0 Å². The molecule has 14 atom stereocenters. The zero-order chi connectivity index (χ0) is 64.8. The van der Waals surface area contributed by atoms with Crippen LogP contribution in [0.1, 0.15) is 158 Å². The Hall–Kier alpha value is -2.92. The molecule has 490 valence electrons. The second kappa shape index (κ2) is 72.2. The normalized spacial score (nSPS) is 15.5. The van der Waals surface area contributed by atoms with E-state index in [2.05, 4.69) is 27.7 Å². The molecule has 0 radical (unpaired) electrons. The molecule has 0 aromatic rings. The molecule has 0 amide bonds. The quantitative estimate of drug-likeness (QED) is 0.0315. The number of hydrogen-bond donors (Lipinski definition) is 24. The zero-order valence-corrected chi connectivity index (χ0v) is 48.8. The van der Waals surface area contributed by atoms with Crippen molar-refractivity contribution in [1.29, 1.82) is 0 Å². The first-order valence-corrected chi connectivity index (χ1v) is 27.3. The highest BCUT2D eigenvalue weighted by Crippen LogP contribution is 2.14. The van der Waals surface area contributed by atoms with E-state index in [4.69, 9.17) is 123 Å². The van der Waals surface area contributed by atoms with Gasteiger partial charge in [-0.15, -0.1) is 0 Å². The molecular formula is C52H114O28. The number of carboxylic acid groups (broad SMARTS) is 4. The number of aliphatic carboxylic acids is 4. The highest BCUT2D eigenvalue weighted by atomic mass is 16.4. The lowest BCUT2D eigenvalue weighted by atomic mass is 10.00. The molecule has 0 saturated heterocycles. The first-order chi connectivity index (χ1) is 37.5. The topological polar surface area (TPSA) is 554 Å². The van der Waals surface area contributed by atoms with Crippen LogP contribution in [0.4, 0.5) is 0 Å². The molecule has 0 aliphatic heterocycles. The first-order valence-electron chi connectivity index (χ1n) is 27.3. The van der Waals surface area contributed by atoms with Crippen LogP contribution < -0.4 is 0 Å². The average Bonchev–Trinajstić information content (AvgIpc) is 3.46. The second-order valence-corrected chi connectivity index (χ2v) is 17.8. The van der Waals surface area contributed by atoms with Crippen molar-refractivity contribution in [3.05, 3.63) is 0 Å². The van der Waals surface area contributed by atoms with E-state index in [9.17, 15) is 19.2 Å². The third kappa shape index (κ3) is 69.3. The van der Waals surface area contributed by atoms with Crippen LogP contribution in [0.2, 0.25) is 0 Å². The molecule has 0 spiro atoms. The number of rotatable bonds is 35. The average molecular weight is 1190 g/mol. The molecule has 80 heavy (non-hydrogen) atoms. The van der Waals surface area contributed by atoms with Crippen LogP contribution in [0, 0.1) is 23.7 Å². The van der Waals surface area contributed by atoms with Gasteiger partial charge in [-0.05, 0) is 51.4 Å². The maximum absolute atomic E-state index is 10.4. The summed E-state index contributed by atoms with van der Waals surface area (Å²) in [4.78, 5) is 41.7. The van der Waals surface area contributed by atoms with Gasteiger partial charge in [0, 0.05) is 0 Å². The lowest BCUT2D eigenvalue weighted by Gasteiger charge is -2.10. The second-order valence-electron chi connectivity index (χ2n) is 17.8. The molecule has 4 unspecified atom stereocenters. The van der Waals surface area contributed by atoms with Crippen molar-refractivity contribution in [1.82, 2.24) is 0 Å². The van der Waals surface area contributed by atoms with Gasteiger partial charge in [0.15, 0.2) is 0 Å². The van der Waals surface area contributed by atoms with Gasteiger partial charge in [0.2, 0.25) is 0 Å². The number of aliphatic hydroxyl groups excluding tert-OH is 20. The first kappa shape index (κ1) is 96.3. The minimum atomic E-state index is -1.22. The number of hydrogen-bond acceptors (Lipinski definition) is 24. The maximum atomic E-state index is 10.4. The maximum Gasteiger partial charge on any atom is 0.306 e. The van der Waals surface area contributed by atoms with Crippen molar-refractivity contribution < 1.29 is 142 Å². The van der Waals surface area contributed by atoms with Crippen molar-refractivity contribution >= 4 is 23.9 Å².